The van der Waals surface area contributed by atoms with Crippen LogP contribution in [0.1, 0.15) is 57.4 Å². The van der Waals surface area contributed by atoms with Gasteiger partial charge >= 0.3 is 5.97 Å². The summed E-state index contributed by atoms with van der Waals surface area (Å²) in [5.41, 5.74) is 2.01. The number of aromatic hydroxyl groups is 1. The SMILES string of the molecule is C=CC(=O)OCCOCCOCCOCCOCCOCCNc1cc(CCCCCCCCC)ccc1O. The Morgan fingerprint density at radius 2 is 1.28 bits per heavy atom. The van der Waals surface area contributed by atoms with Crippen LogP contribution >= 0.6 is 0 Å². The maximum Gasteiger partial charge on any atom is 0.330 e. The Balaban J connectivity index is 1.89. The highest BCUT2D eigenvalue weighted by molar-refractivity contribution is 5.81. The minimum atomic E-state index is -0.455. The predicted octanol–water partition coefficient (Wildman–Crippen LogP) is 4.91. The number of carbonyl (C=O) groups excluding carboxylic acids is 1. The Bertz CT molecular complexity index is 731. The summed E-state index contributed by atoms with van der Waals surface area (Å²) >= 11 is 0. The van der Waals surface area contributed by atoms with Crippen molar-refractivity contribution in [3.05, 3.63) is 36.4 Å². The largest absolute Gasteiger partial charge is 0.506 e. The second-order valence-corrected chi connectivity index (χ2v) is 9.08. The maximum absolute atomic E-state index is 10.8. The molecule has 1 aromatic carbocycles. The van der Waals surface area contributed by atoms with Crippen LogP contribution in [0, 0.1) is 0 Å². The van der Waals surface area contributed by atoms with Crippen LogP contribution in [0.2, 0.25) is 0 Å². The zero-order chi connectivity index (χ0) is 28.2. The lowest BCUT2D eigenvalue weighted by molar-refractivity contribution is -0.139. The number of ether oxygens (including phenoxy) is 6. The quantitative estimate of drug-likeness (QED) is 0.0648. The topological polar surface area (TPSA) is 105 Å². The number of phenolic OH excluding ortho intramolecular Hbond substituents is 1. The van der Waals surface area contributed by atoms with Crippen molar-refractivity contribution in [2.24, 2.45) is 0 Å². The lowest BCUT2D eigenvalue weighted by atomic mass is 10.0. The van der Waals surface area contributed by atoms with E-state index in [1.165, 1.54) is 50.5 Å². The van der Waals surface area contributed by atoms with Gasteiger partial charge in [0.15, 0.2) is 0 Å². The molecule has 0 aromatic heterocycles. The normalized spacial score (nSPS) is 11.0. The number of unbranched alkanes of at least 4 members (excludes halogenated alkanes) is 6. The lowest BCUT2D eigenvalue weighted by Crippen LogP contribution is -2.15. The Kier molecular flexibility index (Phi) is 23.3. The van der Waals surface area contributed by atoms with Gasteiger partial charge in [0.1, 0.15) is 12.4 Å². The first-order chi connectivity index (χ1) is 19.2. The summed E-state index contributed by atoms with van der Waals surface area (Å²) in [6.07, 6.45) is 11.2. The van der Waals surface area contributed by atoms with Gasteiger partial charge in [-0.1, -0.05) is 58.1 Å². The summed E-state index contributed by atoms with van der Waals surface area (Å²) in [4.78, 5) is 10.8. The van der Waals surface area contributed by atoms with Gasteiger partial charge in [-0.25, -0.2) is 4.79 Å². The molecule has 0 aliphatic heterocycles. The van der Waals surface area contributed by atoms with Crippen molar-refractivity contribution < 1.29 is 38.3 Å². The number of carbonyl (C=O) groups is 1. The minimum Gasteiger partial charge on any atom is -0.506 e. The van der Waals surface area contributed by atoms with Crippen LogP contribution in [0.4, 0.5) is 5.69 Å². The Morgan fingerprint density at radius 1 is 0.769 bits per heavy atom. The molecule has 0 aliphatic rings. The fourth-order valence-electron chi connectivity index (χ4n) is 3.67. The molecule has 0 spiro atoms. The number of esters is 1. The molecule has 0 unspecified atom stereocenters. The number of hydrogen-bond acceptors (Lipinski definition) is 9. The van der Waals surface area contributed by atoms with Gasteiger partial charge in [-0.05, 0) is 30.5 Å². The van der Waals surface area contributed by atoms with Gasteiger partial charge in [-0.2, -0.15) is 0 Å². The number of hydrogen-bond donors (Lipinski definition) is 2. The Morgan fingerprint density at radius 3 is 1.85 bits per heavy atom. The van der Waals surface area contributed by atoms with Gasteiger partial charge in [0.2, 0.25) is 0 Å². The van der Waals surface area contributed by atoms with E-state index in [1.54, 1.807) is 6.07 Å². The maximum atomic E-state index is 10.8. The molecule has 1 aromatic rings. The number of nitrogens with one attached hydrogen (secondary N) is 1. The fraction of sp³-hybridized carbons (Fsp3) is 0.700. The number of rotatable bonds is 28. The van der Waals surface area contributed by atoms with Gasteiger partial charge in [-0.3, -0.25) is 0 Å². The number of phenols is 1. The molecular formula is C30H51NO8. The summed E-state index contributed by atoms with van der Waals surface area (Å²) in [7, 11) is 0. The predicted molar refractivity (Wildman–Crippen MR) is 154 cm³/mol. The van der Waals surface area contributed by atoms with Crippen molar-refractivity contribution in [1.82, 2.24) is 0 Å². The molecule has 0 bridgehead atoms. The van der Waals surface area contributed by atoms with Crippen molar-refractivity contribution in [3.8, 4) is 5.75 Å². The van der Waals surface area contributed by atoms with Crippen molar-refractivity contribution >= 4 is 11.7 Å². The van der Waals surface area contributed by atoms with Gasteiger partial charge in [0, 0.05) is 12.6 Å². The summed E-state index contributed by atoms with van der Waals surface area (Å²) in [5, 5.41) is 13.4. The second kappa shape index (κ2) is 26.1. The van der Waals surface area contributed by atoms with Gasteiger partial charge in [-0.15, -0.1) is 0 Å². The summed E-state index contributed by atoms with van der Waals surface area (Å²) in [5.74, 6) is -0.187. The van der Waals surface area contributed by atoms with Crippen LogP contribution in [0.3, 0.4) is 0 Å². The summed E-state index contributed by atoms with van der Waals surface area (Å²) < 4.78 is 32.0. The highest BCUT2D eigenvalue weighted by atomic mass is 16.6. The summed E-state index contributed by atoms with van der Waals surface area (Å²) in [6.45, 7) is 11.1. The van der Waals surface area contributed by atoms with Crippen LogP contribution in [0.15, 0.2) is 30.9 Å². The molecule has 0 saturated carbocycles. The van der Waals surface area contributed by atoms with Gasteiger partial charge in [0.05, 0.1) is 71.8 Å². The molecule has 0 atom stereocenters. The van der Waals surface area contributed by atoms with Crippen LogP contribution in [0.5, 0.6) is 5.75 Å². The highest BCUT2D eigenvalue weighted by Gasteiger charge is 2.03. The molecule has 9 nitrogen and oxygen atoms in total. The van der Waals surface area contributed by atoms with Crippen molar-refractivity contribution in [1.29, 1.82) is 0 Å². The third kappa shape index (κ3) is 21.3. The third-order valence-electron chi connectivity index (χ3n) is 5.82. The molecule has 224 valence electrons. The van der Waals surface area contributed by atoms with E-state index in [0.29, 0.717) is 72.6 Å². The zero-order valence-corrected chi connectivity index (χ0v) is 24.0. The van der Waals surface area contributed by atoms with E-state index in [2.05, 4.69) is 18.8 Å². The molecule has 1 rings (SSSR count). The Labute approximate surface area is 235 Å². The van der Waals surface area contributed by atoms with Gasteiger partial charge < -0.3 is 38.8 Å². The van der Waals surface area contributed by atoms with Crippen LogP contribution < -0.4 is 5.32 Å². The minimum absolute atomic E-state index is 0.203. The first-order valence-corrected chi connectivity index (χ1v) is 14.4. The monoisotopic (exact) mass is 553 g/mol. The Hall–Kier alpha value is -2.17. The number of aryl methyl sites for hydroxylation is 1. The molecule has 0 amide bonds. The second-order valence-electron chi connectivity index (χ2n) is 9.08. The standard InChI is InChI=1S/C30H51NO8/c1-3-5-6-7-8-9-10-11-27-12-13-29(32)28(26-27)31-14-15-34-16-17-35-18-19-36-20-21-37-22-23-38-24-25-39-30(33)4-2/h4,12-13,26,31-32H,2-3,5-11,14-25H2,1H3. The lowest BCUT2D eigenvalue weighted by Gasteiger charge is -2.11. The van der Waals surface area contributed by atoms with Crippen molar-refractivity contribution in [2.75, 3.05) is 84.5 Å². The third-order valence-corrected chi connectivity index (χ3v) is 5.82. The van der Waals surface area contributed by atoms with Crippen molar-refractivity contribution in [3.63, 3.8) is 0 Å². The summed E-state index contributed by atoms with van der Waals surface area (Å²) in [6, 6.07) is 5.82. The molecular weight excluding hydrogens is 502 g/mol. The zero-order valence-electron chi connectivity index (χ0n) is 24.0. The van der Waals surface area contributed by atoms with Gasteiger partial charge in [0.25, 0.3) is 0 Å². The van der Waals surface area contributed by atoms with E-state index in [-0.39, 0.29) is 12.4 Å². The molecule has 39 heavy (non-hydrogen) atoms. The molecule has 0 saturated heterocycles. The molecule has 0 aliphatic carbocycles. The average Bonchev–Trinajstić information content (AvgIpc) is 2.95. The molecule has 9 heteroatoms. The fourth-order valence-corrected chi connectivity index (χ4v) is 3.67. The molecule has 0 radical (unpaired) electrons. The first-order valence-electron chi connectivity index (χ1n) is 14.4. The smallest absolute Gasteiger partial charge is 0.330 e. The highest BCUT2D eigenvalue weighted by Crippen LogP contribution is 2.25. The van der Waals surface area contributed by atoms with E-state index in [4.69, 9.17) is 28.4 Å². The number of anilines is 1. The molecule has 0 heterocycles. The van der Waals surface area contributed by atoms with E-state index in [1.807, 2.05) is 12.1 Å². The van der Waals surface area contributed by atoms with E-state index >= 15 is 0 Å². The molecule has 2 N–H and O–H groups in total. The van der Waals surface area contributed by atoms with Crippen LogP contribution in [-0.4, -0.2) is 90.3 Å². The average molecular weight is 554 g/mol. The van der Waals surface area contributed by atoms with Crippen molar-refractivity contribution in [2.45, 2.75) is 58.3 Å². The van der Waals surface area contributed by atoms with Crippen LogP contribution in [-0.2, 0) is 39.6 Å². The van der Waals surface area contributed by atoms with E-state index in [0.717, 1.165) is 18.2 Å². The molecule has 0 fully saturated rings. The first kappa shape index (κ1) is 34.9. The van der Waals surface area contributed by atoms with Crippen LogP contribution in [0.25, 0.3) is 0 Å². The van der Waals surface area contributed by atoms with E-state index < -0.39 is 5.97 Å². The number of benzene rings is 1. The van der Waals surface area contributed by atoms with E-state index in [9.17, 15) is 9.90 Å².